The van der Waals surface area contributed by atoms with Crippen LogP contribution in [0.3, 0.4) is 0 Å². The van der Waals surface area contributed by atoms with E-state index in [0.29, 0.717) is 22.7 Å². The number of benzene rings is 1. The van der Waals surface area contributed by atoms with Gasteiger partial charge >= 0.3 is 5.97 Å². The number of carboxylic acids is 1. The summed E-state index contributed by atoms with van der Waals surface area (Å²) in [5, 5.41) is 20.7. The Morgan fingerprint density at radius 1 is 1.71 bits per heavy atom. The molecule has 0 fully saturated rings. The predicted molar refractivity (Wildman–Crippen MR) is 66.0 cm³/mol. The summed E-state index contributed by atoms with van der Waals surface area (Å²) in [5.41, 5.74) is 0.913. The smallest absolute Gasteiger partial charge is 0.326 e. The maximum Gasteiger partial charge on any atom is 0.326 e. The van der Waals surface area contributed by atoms with Crippen LogP contribution in [0.2, 0.25) is 5.02 Å². The van der Waals surface area contributed by atoms with Crippen molar-refractivity contribution in [2.45, 2.75) is 12.5 Å². The van der Waals surface area contributed by atoms with Crippen molar-refractivity contribution >= 4 is 23.3 Å². The average molecular weight is 251 g/mol. The Morgan fingerprint density at radius 2 is 2.41 bits per heavy atom. The van der Waals surface area contributed by atoms with Gasteiger partial charge in [0.05, 0.1) is 10.6 Å². The summed E-state index contributed by atoms with van der Waals surface area (Å²) in [6.07, 6.45) is 1.82. The highest BCUT2D eigenvalue weighted by Gasteiger charge is 2.15. The van der Waals surface area contributed by atoms with E-state index in [1.54, 1.807) is 6.07 Å². The van der Waals surface area contributed by atoms with Crippen LogP contribution >= 0.6 is 11.6 Å². The second-order valence-corrected chi connectivity index (χ2v) is 3.77. The summed E-state index contributed by atoms with van der Waals surface area (Å²) in [7, 11) is 0. The molecule has 88 valence electrons. The highest BCUT2D eigenvalue weighted by molar-refractivity contribution is 6.32. The molecule has 0 spiro atoms. The molecule has 1 aromatic carbocycles. The van der Waals surface area contributed by atoms with E-state index in [2.05, 4.69) is 11.9 Å². The first kappa shape index (κ1) is 13.1. The molecule has 0 aliphatic heterocycles. The quantitative estimate of drug-likeness (QED) is 0.788. The number of hydrogen-bond donors (Lipinski definition) is 2. The van der Waals surface area contributed by atoms with E-state index in [1.165, 1.54) is 18.2 Å². The third kappa shape index (κ3) is 3.51. The van der Waals surface area contributed by atoms with Crippen LogP contribution in [0.25, 0.3) is 0 Å². The number of aliphatic carboxylic acids is 1. The van der Waals surface area contributed by atoms with Crippen molar-refractivity contribution in [1.29, 1.82) is 5.26 Å². The fourth-order valence-corrected chi connectivity index (χ4v) is 1.51. The lowest BCUT2D eigenvalue weighted by atomic mass is 10.1. The minimum Gasteiger partial charge on any atom is -0.480 e. The van der Waals surface area contributed by atoms with Crippen LogP contribution in [-0.4, -0.2) is 17.1 Å². The second kappa shape index (κ2) is 5.92. The van der Waals surface area contributed by atoms with E-state index in [9.17, 15) is 4.79 Å². The van der Waals surface area contributed by atoms with Gasteiger partial charge in [-0.05, 0) is 24.6 Å². The summed E-state index contributed by atoms with van der Waals surface area (Å²) in [6, 6.07) is 5.86. The average Bonchev–Trinajstić information content (AvgIpc) is 2.28. The predicted octanol–water partition coefficient (Wildman–Crippen LogP) is 2.65. The van der Waals surface area contributed by atoms with Gasteiger partial charge in [-0.2, -0.15) is 5.26 Å². The first-order valence-electron chi connectivity index (χ1n) is 4.88. The molecule has 17 heavy (non-hydrogen) atoms. The van der Waals surface area contributed by atoms with E-state index >= 15 is 0 Å². The standard InChI is InChI=1S/C12H11ClN2O2/c1-2-3-11(12(16)17)15-9-5-4-8(7-14)10(13)6-9/h2,4-6,11,15H,1,3H2,(H,16,17). The van der Waals surface area contributed by atoms with Gasteiger partial charge in [0, 0.05) is 5.69 Å². The number of anilines is 1. The monoisotopic (exact) mass is 250 g/mol. The molecule has 0 amide bonds. The SMILES string of the molecule is C=CCC(Nc1ccc(C#N)c(Cl)c1)C(=O)O. The summed E-state index contributed by atoms with van der Waals surface area (Å²) >= 11 is 5.84. The van der Waals surface area contributed by atoms with Crippen LogP contribution < -0.4 is 5.32 Å². The number of nitrogens with one attached hydrogen (secondary N) is 1. The van der Waals surface area contributed by atoms with Gasteiger partial charge in [0.2, 0.25) is 0 Å². The number of carboxylic acid groups (broad SMARTS) is 1. The Kier molecular flexibility index (Phi) is 4.56. The molecule has 0 aliphatic carbocycles. The van der Waals surface area contributed by atoms with Crippen molar-refractivity contribution in [3.8, 4) is 6.07 Å². The van der Waals surface area contributed by atoms with Crippen molar-refractivity contribution in [2.75, 3.05) is 5.32 Å². The van der Waals surface area contributed by atoms with Gasteiger partial charge in [-0.1, -0.05) is 17.7 Å². The molecule has 0 saturated carbocycles. The Hall–Kier alpha value is -1.99. The Bertz CT molecular complexity index is 480. The van der Waals surface area contributed by atoms with Crippen LogP contribution in [-0.2, 0) is 4.79 Å². The van der Waals surface area contributed by atoms with Crippen molar-refractivity contribution in [3.05, 3.63) is 41.4 Å². The van der Waals surface area contributed by atoms with Gasteiger partial charge in [0.15, 0.2) is 0 Å². The van der Waals surface area contributed by atoms with E-state index in [1.807, 2.05) is 6.07 Å². The zero-order valence-electron chi connectivity index (χ0n) is 8.98. The van der Waals surface area contributed by atoms with E-state index in [0.717, 1.165) is 0 Å². The number of rotatable bonds is 5. The maximum absolute atomic E-state index is 10.9. The molecule has 1 atom stereocenters. The van der Waals surface area contributed by atoms with Crippen molar-refractivity contribution < 1.29 is 9.90 Å². The zero-order chi connectivity index (χ0) is 12.8. The molecule has 1 unspecified atom stereocenters. The molecular formula is C12H11ClN2O2. The molecule has 1 rings (SSSR count). The molecule has 0 radical (unpaired) electrons. The van der Waals surface area contributed by atoms with Gasteiger partial charge in [-0.3, -0.25) is 0 Å². The number of nitrogens with zero attached hydrogens (tertiary/aromatic N) is 1. The normalized spacial score (nSPS) is 11.3. The van der Waals surface area contributed by atoms with Crippen LogP contribution in [0, 0.1) is 11.3 Å². The Morgan fingerprint density at radius 3 is 2.88 bits per heavy atom. The largest absolute Gasteiger partial charge is 0.480 e. The highest BCUT2D eigenvalue weighted by atomic mass is 35.5. The summed E-state index contributed by atoms with van der Waals surface area (Å²) in [4.78, 5) is 10.9. The lowest BCUT2D eigenvalue weighted by molar-refractivity contribution is -0.137. The fraction of sp³-hybridized carbons (Fsp3) is 0.167. The van der Waals surface area contributed by atoms with Gasteiger partial charge < -0.3 is 10.4 Å². The molecule has 0 aromatic heterocycles. The topological polar surface area (TPSA) is 73.1 Å². The summed E-state index contributed by atoms with van der Waals surface area (Å²) in [5.74, 6) is -0.967. The maximum atomic E-state index is 10.9. The molecule has 4 nitrogen and oxygen atoms in total. The van der Waals surface area contributed by atoms with Gasteiger partial charge in [-0.15, -0.1) is 6.58 Å². The molecule has 1 aromatic rings. The lowest BCUT2D eigenvalue weighted by Gasteiger charge is -2.14. The van der Waals surface area contributed by atoms with E-state index in [-0.39, 0.29) is 0 Å². The first-order valence-corrected chi connectivity index (χ1v) is 5.26. The Labute approximate surface area is 104 Å². The van der Waals surface area contributed by atoms with Crippen LogP contribution in [0.4, 0.5) is 5.69 Å². The van der Waals surface area contributed by atoms with Gasteiger partial charge in [0.1, 0.15) is 12.1 Å². The third-order valence-corrected chi connectivity index (χ3v) is 2.44. The van der Waals surface area contributed by atoms with Crippen molar-refractivity contribution in [2.24, 2.45) is 0 Å². The second-order valence-electron chi connectivity index (χ2n) is 3.37. The van der Waals surface area contributed by atoms with Crippen molar-refractivity contribution in [3.63, 3.8) is 0 Å². The molecule has 0 bridgehead atoms. The first-order chi connectivity index (χ1) is 8.08. The van der Waals surface area contributed by atoms with Gasteiger partial charge in [-0.25, -0.2) is 4.79 Å². The minimum atomic E-state index is -0.967. The molecule has 5 heteroatoms. The molecule has 0 aliphatic rings. The third-order valence-electron chi connectivity index (χ3n) is 2.13. The molecule has 0 saturated heterocycles. The number of hydrogen-bond acceptors (Lipinski definition) is 3. The minimum absolute atomic E-state index is 0.292. The molecular weight excluding hydrogens is 240 g/mol. The number of halogens is 1. The molecule has 0 heterocycles. The lowest BCUT2D eigenvalue weighted by Crippen LogP contribution is -2.28. The van der Waals surface area contributed by atoms with Gasteiger partial charge in [0.25, 0.3) is 0 Å². The highest BCUT2D eigenvalue weighted by Crippen LogP contribution is 2.21. The number of nitriles is 1. The van der Waals surface area contributed by atoms with Crippen molar-refractivity contribution in [1.82, 2.24) is 0 Å². The fourth-order valence-electron chi connectivity index (χ4n) is 1.28. The van der Waals surface area contributed by atoms with E-state index < -0.39 is 12.0 Å². The number of carbonyl (C=O) groups is 1. The van der Waals surface area contributed by atoms with Crippen LogP contribution in [0.15, 0.2) is 30.9 Å². The van der Waals surface area contributed by atoms with E-state index in [4.69, 9.17) is 22.0 Å². The van der Waals surface area contributed by atoms with Crippen LogP contribution in [0.5, 0.6) is 0 Å². The summed E-state index contributed by atoms with van der Waals surface area (Å²) < 4.78 is 0. The zero-order valence-corrected chi connectivity index (χ0v) is 9.74. The summed E-state index contributed by atoms with van der Waals surface area (Å²) in [6.45, 7) is 3.50. The molecule has 2 N–H and O–H groups in total. The Balaban J connectivity index is 2.87. The van der Waals surface area contributed by atoms with Crippen LogP contribution in [0.1, 0.15) is 12.0 Å².